The Morgan fingerprint density at radius 2 is 2.04 bits per heavy atom. The number of aromatic nitrogens is 3. The van der Waals surface area contributed by atoms with Crippen LogP contribution in [0.5, 0.6) is 0 Å². The molecule has 0 spiro atoms. The summed E-state index contributed by atoms with van der Waals surface area (Å²) in [6, 6.07) is 8.30. The Kier molecular flexibility index (Phi) is 5.03. The number of rotatable bonds is 6. The minimum absolute atomic E-state index is 0.0577. The lowest BCUT2D eigenvalue weighted by Gasteiger charge is -2.10. The van der Waals surface area contributed by atoms with Gasteiger partial charge in [0.25, 0.3) is 0 Å². The van der Waals surface area contributed by atoms with Gasteiger partial charge < -0.3 is 5.32 Å². The molecule has 1 N–H and O–H groups in total. The lowest BCUT2D eigenvalue weighted by atomic mass is 10.0. The standard InChI is InChI=1S/C19H20N4O3S2/c1-23-15-9-10-16-18(14(15)12-20-23)22-19(27-16)21-17(24)8-5-11-28(25,26)13-6-3-2-4-7-13/h2-4,6-7,12H,5,8-11H2,1H3,(H,21,22,24). The first-order valence-electron chi connectivity index (χ1n) is 9.02. The Morgan fingerprint density at radius 1 is 1.25 bits per heavy atom. The fraction of sp³-hybridized carbons (Fsp3) is 0.316. The van der Waals surface area contributed by atoms with Crippen molar-refractivity contribution < 1.29 is 13.2 Å². The van der Waals surface area contributed by atoms with E-state index in [4.69, 9.17) is 0 Å². The Morgan fingerprint density at radius 3 is 2.82 bits per heavy atom. The van der Waals surface area contributed by atoms with Crippen LogP contribution in [0.1, 0.15) is 23.4 Å². The molecule has 28 heavy (non-hydrogen) atoms. The van der Waals surface area contributed by atoms with Crippen molar-refractivity contribution in [3.05, 3.63) is 47.1 Å². The van der Waals surface area contributed by atoms with Crippen molar-refractivity contribution in [2.45, 2.75) is 30.6 Å². The van der Waals surface area contributed by atoms with Gasteiger partial charge in [-0.05, 0) is 31.4 Å². The number of benzene rings is 1. The van der Waals surface area contributed by atoms with Crippen molar-refractivity contribution in [3.63, 3.8) is 0 Å². The molecular weight excluding hydrogens is 396 g/mol. The molecule has 3 aromatic rings. The highest BCUT2D eigenvalue weighted by Gasteiger charge is 2.24. The number of aryl methyl sites for hydroxylation is 2. The van der Waals surface area contributed by atoms with Gasteiger partial charge in [0.05, 0.1) is 22.5 Å². The van der Waals surface area contributed by atoms with E-state index in [0.717, 1.165) is 34.7 Å². The molecule has 0 aliphatic heterocycles. The lowest BCUT2D eigenvalue weighted by molar-refractivity contribution is -0.116. The Balaban J connectivity index is 1.36. The molecule has 2 heterocycles. The van der Waals surface area contributed by atoms with Crippen molar-refractivity contribution in [1.29, 1.82) is 0 Å². The first kappa shape index (κ1) is 18.8. The van der Waals surface area contributed by atoms with Crippen LogP contribution in [0.4, 0.5) is 5.13 Å². The van der Waals surface area contributed by atoms with Gasteiger partial charge in [0, 0.05) is 29.6 Å². The predicted octanol–water partition coefficient (Wildman–Crippen LogP) is 2.83. The Labute approximate surface area is 167 Å². The van der Waals surface area contributed by atoms with Crippen LogP contribution in [0.25, 0.3) is 11.3 Å². The van der Waals surface area contributed by atoms with Crippen LogP contribution in [0.3, 0.4) is 0 Å². The molecule has 1 aliphatic carbocycles. The number of fused-ring (bicyclic) bond motifs is 3. The van der Waals surface area contributed by atoms with Crippen molar-refractivity contribution in [2.75, 3.05) is 11.1 Å². The zero-order chi connectivity index (χ0) is 19.7. The molecule has 146 valence electrons. The summed E-state index contributed by atoms with van der Waals surface area (Å²) in [5.74, 6) is -0.279. The number of thiazole rings is 1. The second-order valence-corrected chi connectivity index (χ2v) is 9.90. The van der Waals surface area contributed by atoms with Gasteiger partial charge in [0.1, 0.15) is 0 Å². The second-order valence-electron chi connectivity index (χ2n) is 6.70. The van der Waals surface area contributed by atoms with E-state index in [9.17, 15) is 13.2 Å². The molecule has 1 aliphatic rings. The molecule has 0 atom stereocenters. The summed E-state index contributed by atoms with van der Waals surface area (Å²) in [6.07, 6.45) is 4.00. The largest absolute Gasteiger partial charge is 0.302 e. The van der Waals surface area contributed by atoms with Crippen molar-refractivity contribution >= 4 is 32.2 Å². The fourth-order valence-electron chi connectivity index (χ4n) is 3.32. The smallest absolute Gasteiger partial charge is 0.226 e. The zero-order valence-electron chi connectivity index (χ0n) is 15.4. The first-order chi connectivity index (χ1) is 13.4. The van der Waals surface area contributed by atoms with Crippen molar-refractivity contribution in [1.82, 2.24) is 14.8 Å². The van der Waals surface area contributed by atoms with Crippen LogP contribution < -0.4 is 5.32 Å². The first-order valence-corrected chi connectivity index (χ1v) is 11.5. The molecule has 1 aromatic carbocycles. The van der Waals surface area contributed by atoms with Gasteiger partial charge in [0.15, 0.2) is 15.0 Å². The van der Waals surface area contributed by atoms with Crippen LogP contribution >= 0.6 is 11.3 Å². The van der Waals surface area contributed by atoms with Crippen LogP contribution in [-0.4, -0.2) is 34.8 Å². The summed E-state index contributed by atoms with van der Waals surface area (Å²) in [5.41, 5.74) is 3.07. The topological polar surface area (TPSA) is 94.0 Å². The maximum atomic E-state index is 12.3. The third-order valence-electron chi connectivity index (χ3n) is 4.77. The van der Waals surface area contributed by atoms with E-state index in [1.807, 2.05) is 17.9 Å². The summed E-state index contributed by atoms with van der Waals surface area (Å²) in [4.78, 5) is 18.2. The molecule has 0 saturated heterocycles. The molecule has 1 amide bonds. The highest BCUT2D eigenvalue weighted by molar-refractivity contribution is 7.91. The number of nitrogens with zero attached hydrogens (tertiary/aromatic N) is 3. The summed E-state index contributed by atoms with van der Waals surface area (Å²) >= 11 is 1.47. The van der Waals surface area contributed by atoms with Gasteiger partial charge in [-0.2, -0.15) is 5.10 Å². The van der Waals surface area contributed by atoms with Crippen LogP contribution in [-0.2, 0) is 34.5 Å². The SMILES string of the molecule is Cn1ncc2c1CCc1sc(NC(=O)CCCS(=O)(=O)c3ccccc3)nc1-2. The van der Waals surface area contributed by atoms with Crippen LogP contribution in [0.2, 0.25) is 0 Å². The number of anilines is 1. The number of carbonyl (C=O) groups is 1. The number of carbonyl (C=O) groups excluding carboxylic acids is 1. The third-order valence-corrected chi connectivity index (χ3v) is 7.62. The molecule has 0 saturated carbocycles. The average Bonchev–Trinajstić information content (AvgIpc) is 3.25. The lowest BCUT2D eigenvalue weighted by Crippen LogP contribution is -2.14. The summed E-state index contributed by atoms with van der Waals surface area (Å²) in [6.45, 7) is 0. The molecule has 4 rings (SSSR count). The molecule has 0 unspecified atom stereocenters. The number of hydrogen-bond acceptors (Lipinski definition) is 6. The monoisotopic (exact) mass is 416 g/mol. The average molecular weight is 417 g/mol. The number of hydrogen-bond donors (Lipinski definition) is 1. The quantitative estimate of drug-likeness (QED) is 0.667. The van der Waals surface area contributed by atoms with E-state index in [0.29, 0.717) is 5.13 Å². The van der Waals surface area contributed by atoms with Crippen LogP contribution in [0, 0.1) is 0 Å². The minimum Gasteiger partial charge on any atom is -0.302 e. The fourth-order valence-corrected chi connectivity index (χ4v) is 5.65. The van der Waals surface area contributed by atoms with E-state index in [-0.39, 0.29) is 29.4 Å². The summed E-state index contributed by atoms with van der Waals surface area (Å²) in [7, 11) is -1.45. The highest BCUT2D eigenvalue weighted by Crippen LogP contribution is 2.37. The van der Waals surface area contributed by atoms with Gasteiger partial charge in [-0.25, -0.2) is 13.4 Å². The Bertz CT molecular complexity index is 1120. The molecule has 0 bridgehead atoms. The highest BCUT2D eigenvalue weighted by atomic mass is 32.2. The summed E-state index contributed by atoms with van der Waals surface area (Å²) < 4.78 is 26.4. The zero-order valence-corrected chi connectivity index (χ0v) is 17.0. The van der Waals surface area contributed by atoms with Crippen molar-refractivity contribution in [2.24, 2.45) is 7.05 Å². The van der Waals surface area contributed by atoms with E-state index in [1.165, 1.54) is 11.3 Å². The van der Waals surface area contributed by atoms with Crippen molar-refractivity contribution in [3.8, 4) is 11.3 Å². The molecule has 7 nitrogen and oxygen atoms in total. The predicted molar refractivity (Wildman–Crippen MR) is 108 cm³/mol. The van der Waals surface area contributed by atoms with Gasteiger partial charge in [0.2, 0.25) is 5.91 Å². The maximum absolute atomic E-state index is 12.3. The molecule has 9 heteroatoms. The molecule has 0 fully saturated rings. The third kappa shape index (κ3) is 3.72. The van der Waals surface area contributed by atoms with Gasteiger partial charge in [-0.1, -0.05) is 18.2 Å². The van der Waals surface area contributed by atoms with Crippen LogP contribution in [0.15, 0.2) is 41.4 Å². The normalized spacial score (nSPS) is 13.0. The maximum Gasteiger partial charge on any atom is 0.226 e. The number of sulfone groups is 1. The van der Waals surface area contributed by atoms with E-state index < -0.39 is 9.84 Å². The van der Waals surface area contributed by atoms with E-state index in [1.54, 1.807) is 30.3 Å². The van der Waals surface area contributed by atoms with E-state index in [2.05, 4.69) is 15.4 Å². The molecule has 0 radical (unpaired) electrons. The molecular formula is C19H20N4O3S2. The second kappa shape index (κ2) is 7.48. The van der Waals surface area contributed by atoms with Gasteiger partial charge in [-0.3, -0.25) is 9.48 Å². The Hall–Kier alpha value is -2.52. The molecule has 2 aromatic heterocycles. The number of amides is 1. The minimum atomic E-state index is -3.36. The van der Waals surface area contributed by atoms with E-state index >= 15 is 0 Å². The number of nitrogens with one attached hydrogen (secondary N) is 1. The summed E-state index contributed by atoms with van der Waals surface area (Å²) in [5, 5.41) is 7.66. The van der Waals surface area contributed by atoms with Gasteiger partial charge >= 0.3 is 0 Å². The van der Waals surface area contributed by atoms with Gasteiger partial charge in [-0.15, -0.1) is 11.3 Å².